The third kappa shape index (κ3) is 3.06. The average Bonchev–Trinajstić information content (AvgIpc) is 2.83. The zero-order valence-corrected chi connectivity index (χ0v) is 10.4. The van der Waals surface area contributed by atoms with Gasteiger partial charge in [-0.1, -0.05) is 12.8 Å². The molecule has 2 N–H and O–H groups in total. The van der Waals surface area contributed by atoms with Crippen molar-refractivity contribution < 1.29 is 13.9 Å². The summed E-state index contributed by atoms with van der Waals surface area (Å²) in [6, 6.07) is 3.47. The van der Waals surface area contributed by atoms with Crippen LogP contribution in [-0.2, 0) is 6.54 Å². The molecular formula is C14H19F2NO. The summed E-state index contributed by atoms with van der Waals surface area (Å²) in [5.74, 6) is -0.820. The van der Waals surface area contributed by atoms with Gasteiger partial charge in [-0.25, -0.2) is 8.78 Å². The van der Waals surface area contributed by atoms with Crippen LogP contribution in [0.25, 0.3) is 0 Å². The van der Waals surface area contributed by atoms with E-state index in [0.29, 0.717) is 18.7 Å². The molecule has 0 amide bonds. The molecule has 1 fully saturated rings. The topological polar surface area (TPSA) is 32.3 Å². The molecule has 0 spiro atoms. The molecule has 0 atom stereocenters. The number of benzene rings is 1. The standard InChI is InChI=1S/C14H19F2NO/c15-12-3-4-13(16)11(7-12)8-17-9-14(10-18)5-1-2-6-14/h3-4,7,17-18H,1-2,5-6,8-10H2. The molecule has 0 saturated heterocycles. The number of hydrogen-bond donors (Lipinski definition) is 2. The van der Waals surface area contributed by atoms with Crippen LogP contribution in [0.15, 0.2) is 18.2 Å². The Kier molecular flexibility index (Phi) is 4.30. The number of hydrogen-bond acceptors (Lipinski definition) is 2. The molecule has 1 aliphatic carbocycles. The van der Waals surface area contributed by atoms with Crippen LogP contribution in [0, 0.1) is 17.0 Å². The van der Waals surface area contributed by atoms with Crippen molar-refractivity contribution >= 4 is 0 Å². The summed E-state index contributed by atoms with van der Waals surface area (Å²) in [7, 11) is 0. The Labute approximate surface area is 106 Å². The monoisotopic (exact) mass is 255 g/mol. The van der Waals surface area contributed by atoms with E-state index in [4.69, 9.17) is 0 Å². The Bertz CT molecular complexity index is 403. The van der Waals surface area contributed by atoms with Gasteiger partial charge in [0.2, 0.25) is 0 Å². The molecule has 1 saturated carbocycles. The van der Waals surface area contributed by atoms with E-state index in [2.05, 4.69) is 5.32 Å². The highest BCUT2D eigenvalue weighted by Gasteiger charge is 2.32. The number of nitrogens with one attached hydrogen (secondary N) is 1. The number of aliphatic hydroxyl groups excluding tert-OH is 1. The van der Waals surface area contributed by atoms with Crippen LogP contribution in [0.3, 0.4) is 0 Å². The Balaban J connectivity index is 1.89. The maximum atomic E-state index is 13.4. The molecule has 1 aromatic rings. The van der Waals surface area contributed by atoms with Crippen LogP contribution in [0.4, 0.5) is 8.78 Å². The summed E-state index contributed by atoms with van der Waals surface area (Å²) in [4.78, 5) is 0. The second kappa shape index (κ2) is 5.76. The second-order valence-corrected chi connectivity index (χ2v) is 5.20. The molecule has 1 aromatic carbocycles. The maximum absolute atomic E-state index is 13.4. The SMILES string of the molecule is OCC1(CNCc2cc(F)ccc2F)CCCC1. The Hall–Kier alpha value is -1.00. The Morgan fingerprint density at radius 1 is 1.22 bits per heavy atom. The van der Waals surface area contributed by atoms with Gasteiger partial charge in [0.15, 0.2) is 0 Å². The molecular weight excluding hydrogens is 236 g/mol. The Morgan fingerprint density at radius 2 is 1.94 bits per heavy atom. The van der Waals surface area contributed by atoms with Gasteiger partial charge in [-0.2, -0.15) is 0 Å². The van der Waals surface area contributed by atoms with Crippen molar-refractivity contribution in [3.05, 3.63) is 35.4 Å². The smallest absolute Gasteiger partial charge is 0.127 e. The first-order chi connectivity index (χ1) is 8.65. The molecule has 0 heterocycles. The molecule has 0 aliphatic heterocycles. The highest BCUT2D eigenvalue weighted by molar-refractivity contribution is 5.18. The zero-order valence-electron chi connectivity index (χ0n) is 10.4. The quantitative estimate of drug-likeness (QED) is 0.847. The van der Waals surface area contributed by atoms with E-state index >= 15 is 0 Å². The van der Waals surface area contributed by atoms with E-state index in [-0.39, 0.29) is 12.0 Å². The fourth-order valence-electron chi connectivity index (χ4n) is 2.66. The van der Waals surface area contributed by atoms with Gasteiger partial charge in [0.1, 0.15) is 11.6 Å². The van der Waals surface area contributed by atoms with Crippen molar-refractivity contribution in [1.82, 2.24) is 5.32 Å². The van der Waals surface area contributed by atoms with Gasteiger partial charge in [0, 0.05) is 30.7 Å². The normalized spacial score (nSPS) is 18.2. The summed E-state index contributed by atoms with van der Waals surface area (Å²) in [5.41, 5.74) is 0.269. The van der Waals surface area contributed by atoms with Gasteiger partial charge in [-0.05, 0) is 31.0 Å². The third-order valence-electron chi connectivity index (χ3n) is 3.82. The van der Waals surface area contributed by atoms with Crippen molar-refractivity contribution in [1.29, 1.82) is 0 Å². The minimum atomic E-state index is -0.425. The van der Waals surface area contributed by atoms with Gasteiger partial charge < -0.3 is 10.4 Å². The van der Waals surface area contributed by atoms with Gasteiger partial charge in [-0.15, -0.1) is 0 Å². The fourth-order valence-corrected chi connectivity index (χ4v) is 2.66. The Morgan fingerprint density at radius 3 is 2.61 bits per heavy atom. The minimum Gasteiger partial charge on any atom is -0.396 e. The van der Waals surface area contributed by atoms with Crippen LogP contribution in [-0.4, -0.2) is 18.3 Å². The summed E-state index contributed by atoms with van der Waals surface area (Å²) < 4.78 is 26.4. The summed E-state index contributed by atoms with van der Waals surface area (Å²) in [6.07, 6.45) is 4.28. The fraction of sp³-hybridized carbons (Fsp3) is 0.571. The zero-order chi connectivity index (χ0) is 13.0. The predicted octanol–water partition coefficient (Wildman–Crippen LogP) is 2.61. The molecule has 0 radical (unpaired) electrons. The summed E-state index contributed by atoms with van der Waals surface area (Å²) in [5, 5.41) is 12.6. The highest BCUT2D eigenvalue weighted by Crippen LogP contribution is 2.36. The van der Waals surface area contributed by atoms with Gasteiger partial charge in [0.05, 0.1) is 0 Å². The van der Waals surface area contributed by atoms with Crippen molar-refractivity contribution in [2.45, 2.75) is 32.2 Å². The van der Waals surface area contributed by atoms with Gasteiger partial charge in [-0.3, -0.25) is 0 Å². The van der Waals surface area contributed by atoms with Gasteiger partial charge >= 0.3 is 0 Å². The molecule has 100 valence electrons. The lowest BCUT2D eigenvalue weighted by atomic mass is 9.87. The first-order valence-corrected chi connectivity index (χ1v) is 6.41. The highest BCUT2D eigenvalue weighted by atomic mass is 19.1. The summed E-state index contributed by atoms with van der Waals surface area (Å²) >= 11 is 0. The lowest BCUT2D eigenvalue weighted by molar-refractivity contribution is 0.128. The van der Waals surface area contributed by atoms with Crippen LogP contribution in [0.2, 0.25) is 0 Å². The van der Waals surface area contributed by atoms with E-state index < -0.39 is 11.6 Å². The molecule has 0 unspecified atom stereocenters. The number of rotatable bonds is 5. The van der Waals surface area contributed by atoms with Crippen LogP contribution in [0.5, 0.6) is 0 Å². The molecule has 2 nitrogen and oxygen atoms in total. The molecule has 0 bridgehead atoms. The second-order valence-electron chi connectivity index (χ2n) is 5.20. The first kappa shape index (κ1) is 13.4. The maximum Gasteiger partial charge on any atom is 0.127 e. The lowest BCUT2D eigenvalue weighted by Crippen LogP contribution is -2.35. The van der Waals surface area contributed by atoms with E-state index in [9.17, 15) is 13.9 Å². The van der Waals surface area contributed by atoms with E-state index in [1.54, 1.807) is 0 Å². The third-order valence-corrected chi connectivity index (χ3v) is 3.82. The largest absolute Gasteiger partial charge is 0.396 e. The van der Waals surface area contributed by atoms with Crippen molar-refractivity contribution in [2.24, 2.45) is 5.41 Å². The van der Waals surface area contributed by atoms with Crippen molar-refractivity contribution in [3.63, 3.8) is 0 Å². The van der Waals surface area contributed by atoms with Crippen LogP contribution >= 0.6 is 0 Å². The first-order valence-electron chi connectivity index (χ1n) is 6.41. The van der Waals surface area contributed by atoms with Crippen LogP contribution in [0.1, 0.15) is 31.2 Å². The van der Waals surface area contributed by atoms with E-state index in [0.717, 1.165) is 37.8 Å². The van der Waals surface area contributed by atoms with Crippen molar-refractivity contribution in [3.8, 4) is 0 Å². The van der Waals surface area contributed by atoms with Crippen molar-refractivity contribution in [2.75, 3.05) is 13.2 Å². The molecule has 4 heteroatoms. The average molecular weight is 255 g/mol. The van der Waals surface area contributed by atoms with Gasteiger partial charge in [0.25, 0.3) is 0 Å². The number of halogens is 2. The van der Waals surface area contributed by atoms with E-state index in [1.807, 2.05) is 0 Å². The number of aliphatic hydroxyl groups is 1. The minimum absolute atomic E-state index is 0.0657. The molecule has 0 aromatic heterocycles. The molecule has 18 heavy (non-hydrogen) atoms. The van der Waals surface area contributed by atoms with Crippen LogP contribution < -0.4 is 5.32 Å². The molecule has 2 rings (SSSR count). The predicted molar refractivity (Wildman–Crippen MR) is 66.1 cm³/mol. The molecule has 1 aliphatic rings. The summed E-state index contributed by atoms with van der Waals surface area (Å²) in [6.45, 7) is 1.11. The lowest BCUT2D eigenvalue weighted by Gasteiger charge is -2.26. The van der Waals surface area contributed by atoms with E-state index in [1.165, 1.54) is 6.07 Å².